The summed E-state index contributed by atoms with van der Waals surface area (Å²) in [7, 11) is 4.16. The molecule has 0 amide bonds. The fourth-order valence-electron chi connectivity index (χ4n) is 2.10. The minimum absolute atomic E-state index is 0.709. The molecule has 1 saturated heterocycles. The monoisotopic (exact) mass is 310 g/mol. The summed E-state index contributed by atoms with van der Waals surface area (Å²) in [6.07, 6.45) is 3.52. The Labute approximate surface area is 131 Å². The van der Waals surface area contributed by atoms with Crippen LogP contribution < -0.4 is 10.2 Å². The summed E-state index contributed by atoms with van der Waals surface area (Å²) < 4.78 is 0. The summed E-state index contributed by atoms with van der Waals surface area (Å²) in [4.78, 5) is 18.1. The molecule has 0 aliphatic carbocycles. The zero-order valence-corrected chi connectivity index (χ0v) is 14.1. The van der Waals surface area contributed by atoms with Crippen molar-refractivity contribution in [1.29, 1.82) is 0 Å². The van der Waals surface area contributed by atoms with Crippen molar-refractivity contribution in [1.82, 2.24) is 19.9 Å². The number of hydrogen-bond acceptors (Lipinski definition) is 7. The molecule has 0 spiro atoms. The number of nitrogens with zero attached hydrogens (tertiary/aromatic N) is 5. The van der Waals surface area contributed by atoms with Gasteiger partial charge in [0.1, 0.15) is 0 Å². The molecule has 1 aliphatic heterocycles. The van der Waals surface area contributed by atoms with E-state index in [9.17, 15) is 0 Å². The lowest BCUT2D eigenvalue weighted by Crippen LogP contribution is -2.22. The van der Waals surface area contributed by atoms with Crippen LogP contribution in [-0.4, -0.2) is 65.9 Å². The van der Waals surface area contributed by atoms with Gasteiger partial charge in [-0.25, -0.2) is 0 Å². The smallest absolute Gasteiger partial charge is 0.231 e. The lowest BCUT2D eigenvalue weighted by Gasteiger charge is -2.17. The minimum Gasteiger partial charge on any atom is -0.354 e. The van der Waals surface area contributed by atoms with Crippen LogP contribution in [0.2, 0.25) is 0 Å². The molecule has 7 heteroatoms. The molecule has 1 aromatic heterocycles. The Morgan fingerprint density at radius 3 is 2.62 bits per heavy atom. The van der Waals surface area contributed by atoms with Crippen molar-refractivity contribution in [3.05, 3.63) is 0 Å². The SMILES string of the molecule is CCCNc1nc(SCCN(C)C)nc(N2CCCC2)n1. The Morgan fingerprint density at radius 1 is 1.19 bits per heavy atom. The highest BCUT2D eigenvalue weighted by Crippen LogP contribution is 2.21. The van der Waals surface area contributed by atoms with Crippen LogP contribution >= 0.6 is 11.8 Å². The molecule has 1 aliphatic rings. The van der Waals surface area contributed by atoms with Gasteiger partial charge in [0.2, 0.25) is 11.9 Å². The van der Waals surface area contributed by atoms with Crippen molar-refractivity contribution in [2.24, 2.45) is 0 Å². The van der Waals surface area contributed by atoms with Gasteiger partial charge >= 0.3 is 0 Å². The van der Waals surface area contributed by atoms with E-state index in [1.54, 1.807) is 11.8 Å². The van der Waals surface area contributed by atoms with Crippen LogP contribution in [0.5, 0.6) is 0 Å². The molecule has 2 rings (SSSR count). The molecule has 0 radical (unpaired) electrons. The number of nitrogens with one attached hydrogen (secondary N) is 1. The molecule has 0 bridgehead atoms. The Balaban J connectivity index is 2.07. The standard InChI is InChI=1S/C14H26N6S/c1-4-7-15-12-16-13(20-8-5-6-9-20)18-14(17-12)21-11-10-19(2)3/h4-11H2,1-3H3,(H,15,16,17,18). The lowest BCUT2D eigenvalue weighted by atomic mass is 10.4. The average molecular weight is 310 g/mol. The van der Waals surface area contributed by atoms with Gasteiger partial charge in [-0.3, -0.25) is 0 Å². The largest absolute Gasteiger partial charge is 0.354 e. The quantitative estimate of drug-likeness (QED) is 0.736. The third-order valence-corrected chi connectivity index (χ3v) is 4.12. The van der Waals surface area contributed by atoms with Gasteiger partial charge in [0.05, 0.1) is 0 Å². The van der Waals surface area contributed by atoms with E-state index in [1.807, 2.05) is 0 Å². The Bertz CT molecular complexity index is 433. The second kappa shape index (κ2) is 8.38. The summed E-state index contributed by atoms with van der Waals surface area (Å²) in [5.74, 6) is 2.53. The van der Waals surface area contributed by atoms with Gasteiger partial charge in [0.15, 0.2) is 5.16 Å². The molecule has 0 atom stereocenters. The van der Waals surface area contributed by atoms with Crippen LogP contribution in [-0.2, 0) is 0 Å². The number of rotatable bonds is 8. The van der Waals surface area contributed by atoms with E-state index in [1.165, 1.54) is 12.8 Å². The van der Waals surface area contributed by atoms with E-state index in [-0.39, 0.29) is 0 Å². The van der Waals surface area contributed by atoms with Gasteiger partial charge in [-0.05, 0) is 33.4 Å². The third-order valence-electron chi connectivity index (χ3n) is 3.29. The number of anilines is 2. The van der Waals surface area contributed by atoms with Gasteiger partial charge in [0, 0.05) is 31.9 Å². The predicted octanol–water partition coefficient (Wildman–Crippen LogP) is 1.95. The van der Waals surface area contributed by atoms with Crippen LogP contribution in [0.1, 0.15) is 26.2 Å². The van der Waals surface area contributed by atoms with Crippen molar-refractivity contribution in [2.75, 3.05) is 56.2 Å². The van der Waals surface area contributed by atoms with Crippen LogP contribution in [0, 0.1) is 0 Å². The van der Waals surface area contributed by atoms with Gasteiger partial charge in [0.25, 0.3) is 0 Å². The zero-order valence-electron chi connectivity index (χ0n) is 13.3. The van der Waals surface area contributed by atoms with E-state index in [2.05, 4.69) is 51.1 Å². The third kappa shape index (κ3) is 5.32. The summed E-state index contributed by atoms with van der Waals surface area (Å²) in [5.41, 5.74) is 0. The van der Waals surface area contributed by atoms with E-state index in [4.69, 9.17) is 0 Å². The fourth-order valence-corrected chi connectivity index (χ4v) is 3.04. The summed E-state index contributed by atoms with van der Waals surface area (Å²) in [6, 6.07) is 0. The second-order valence-electron chi connectivity index (χ2n) is 5.51. The van der Waals surface area contributed by atoms with Gasteiger partial charge in [-0.2, -0.15) is 15.0 Å². The molecule has 0 saturated carbocycles. The first-order chi connectivity index (χ1) is 10.2. The first kappa shape index (κ1) is 16.3. The van der Waals surface area contributed by atoms with Crippen molar-refractivity contribution in [3.63, 3.8) is 0 Å². The molecular formula is C14H26N6S. The zero-order chi connectivity index (χ0) is 15.1. The molecular weight excluding hydrogens is 284 g/mol. The second-order valence-corrected chi connectivity index (χ2v) is 6.58. The van der Waals surface area contributed by atoms with Crippen LogP contribution in [0.15, 0.2) is 5.16 Å². The molecule has 2 heterocycles. The Kier molecular flexibility index (Phi) is 6.50. The molecule has 6 nitrogen and oxygen atoms in total. The maximum absolute atomic E-state index is 4.63. The normalized spacial score (nSPS) is 15.0. The van der Waals surface area contributed by atoms with Crippen LogP contribution in [0.3, 0.4) is 0 Å². The van der Waals surface area contributed by atoms with Crippen molar-refractivity contribution in [3.8, 4) is 0 Å². The van der Waals surface area contributed by atoms with E-state index in [0.717, 1.165) is 49.5 Å². The van der Waals surface area contributed by atoms with E-state index >= 15 is 0 Å². The number of thioether (sulfide) groups is 1. The highest BCUT2D eigenvalue weighted by molar-refractivity contribution is 7.99. The number of hydrogen-bond donors (Lipinski definition) is 1. The maximum atomic E-state index is 4.63. The molecule has 21 heavy (non-hydrogen) atoms. The minimum atomic E-state index is 0.709. The van der Waals surface area contributed by atoms with Crippen molar-refractivity contribution < 1.29 is 0 Å². The topological polar surface area (TPSA) is 57.2 Å². The van der Waals surface area contributed by atoms with Crippen molar-refractivity contribution in [2.45, 2.75) is 31.3 Å². The van der Waals surface area contributed by atoms with Gasteiger partial charge < -0.3 is 15.1 Å². The highest BCUT2D eigenvalue weighted by atomic mass is 32.2. The first-order valence-electron chi connectivity index (χ1n) is 7.71. The Morgan fingerprint density at radius 2 is 1.95 bits per heavy atom. The van der Waals surface area contributed by atoms with E-state index < -0.39 is 0 Å². The van der Waals surface area contributed by atoms with Gasteiger partial charge in [-0.15, -0.1) is 0 Å². The predicted molar refractivity (Wildman–Crippen MR) is 89.3 cm³/mol. The maximum Gasteiger partial charge on any atom is 0.231 e. The molecule has 1 fully saturated rings. The first-order valence-corrected chi connectivity index (χ1v) is 8.70. The number of aromatic nitrogens is 3. The Hall–Kier alpha value is -1.08. The molecule has 1 aromatic rings. The van der Waals surface area contributed by atoms with Crippen molar-refractivity contribution >= 4 is 23.7 Å². The summed E-state index contributed by atoms with van der Waals surface area (Å²) in [5, 5.41) is 4.11. The average Bonchev–Trinajstić information content (AvgIpc) is 2.99. The fraction of sp³-hybridized carbons (Fsp3) is 0.786. The highest BCUT2D eigenvalue weighted by Gasteiger charge is 2.17. The molecule has 118 valence electrons. The lowest BCUT2D eigenvalue weighted by molar-refractivity contribution is 0.437. The summed E-state index contributed by atoms with van der Waals surface area (Å²) in [6.45, 7) is 6.17. The van der Waals surface area contributed by atoms with E-state index in [0.29, 0.717) is 5.95 Å². The molecule has 1 N–H and O–H groups in total. The molecule has 0 unspecified atom stereocenters. The van der Waals surface area contributed by atoms with Gasteiger partial charge in [-0.1, -0.05) is 18.7 Å². The summed E-state index contributed by atoms with van der Waals surface area (Å²) >= 11 is 1.70. The molecule has 0 aromatic carbocycles. The van der Waals surface area contributed by atoms with Crippen LogP contribution in [0.4, 0.5) is 11.9 Å². The van der Waals surface area contributed by atoms with Crippen LogP contribution in [0.25, 0.3) is 0 Å².